The minimum absolute atomic E-state index is 0.0262. The van der Waals surface area contributed by atoms with E-state index in [1.165, 1.54) is 33.6 Å². The molecule has 10 heteroatoms. The third-order valence-corrected chi connectivity index (χ3v) is 9.99. The zero-order valence-corrected chi connectivity index (χ0v) is 28.3. The summed E-state index contributed by atoms with van der Waals surface area (Å²) in [5.41, 5.74) is 4.34. The van der Waals surface area contributed by atoms with Crippen LogP contribution < -0.4 is 14.4 Å². The first kappa shape index (κ1) is 33.0. The summed E-state index contributed by atoms with van der Waals surface area (Å²) in [4.78, 5) is 28.7. The van der Waals surface area contributed by atoms with E-state index < -0.39 is 17.7 Å². The molecule has 0 saturated carbocycles. The van der Waals surface area contributed by atoms with Crippen molar-refractivity contribution in [2.75, 3.05) is 11.5 Å². The van der Waals surface area contributed by atoms with E-state index >= 15 is 0 Å². The zero-order valence-electron chi connectivity index (χ0n) is 26.7. The average molecular weight is 678 g/mol. The summed E-state index contributed by atoms with van der Waals surface area (Å²) in [5, 5.41) is 20.5. The number of carbonyl (C=O) groups is 2. The molecule has 6 rings (SSSR count). The van der Waals surface area contributed by atoms with Gasteiger partial charge in [-0.2, -0.15) is 0 Å². The average Bonchev–Trinajstić information content (AvgIpc) is 3.69. The number of ether oxygens (including phenoxy) is 2. The van der Waals surface area contributed by atoms with Crippen molar-refractivity contribution in [1.82, 2.24) is 10.2 Å². The number of nitrogens with zero attached hydrogens (tertiary/aromatic N) is 3. The molecule has 1 amide bonds. The topological polar surface area (TPSA) is 102 Å². The van der Waals surface area contributed by atoms with Crippen LogP contribution in [0.5, 0.6) is 11.5 Å². The molecule has 1 aromatic heterocycles. The predicted molar refractivity (Wildman–Crippen MR) is 189 cm³/mol. The molecule has 1 saturated heterocycles. The van der Waals surface area contributed by atoms with Gasteiger partial charge in [-0.25, -0.2) is 0 Å². The van der Waals surface area contributed by atoms with Crippen LogP contribution in [0.2, 0.25) is 0 Å². The maximum Gasteiger partial charge on any atom is 0.301 e. The Balaban J connectivity index is 1.31. The van der Waals surface area contributed by atoms with E-state index in [9.17, 15) is 14.7 Å². The van der Waals surface area contributed by atoms with Crippen molar-refractivity contribution in [3.8, 4) is 11.5 Å². The van der Waals surface area contributed by atoms with E-state index in [4.69, 9.17) is 9.47 Å². The van der Waals surface area contributed by atoms with Gasteiger partial charge in [0.25, 0.3) is 5.78 Å². The van der Waals surface area contributed by atoms with Gasteiger partial charge < -0.3 is 14.6 Å². The molecule has 0 spiro atoms. The summed E-state index contributed by atoms with van der Waals surface area (Å²) in [5.74, 6) is 0.117. The Morgan fingerprint density at radius 2 is 1.54 bits per heavy atom. The number of aliphatic hydroxyl groups is 1. The highest BCUT2D eigenvalue weighted by Crippen LogP contribution is 2.44. The predicted octanol–water partition coefficient (Wildman–Crippen LogP) is 8.52. The van der Waals surface area contributed by atoms with E-state index in [2.05, 4.69) is 41.4 Å². The second kappa shape index (κ2) is 15.3. The monoisotopic (exact) mass is 677 g/mol. The Kier molecular flexibility index (Phi) is 10.5. The molecule has 0 bridgehead atoms. The number of thioether (sulfide) groups is 1. The summed E-state index contributed by atoms with van der Waals surface area (Å²) < 4.78 is 12.4. The number of hydrogen-bond acceptors (Lipinski definition) is 9. The Bertz CT molecular complexity index is 1890. The highest BCUT2D eigenvalue weighted by atomic mass is 32.2. The number of rotatable bonds is 13. The van der Waals surface area contributed by atoms with Gasteiger partial charge in [0.2, 0.25) is 5.13 Å². The molecule has 0 radical (unpaired) electrons. The summed E-state index contributed by atoms with van der Waals surface area (Å²) in [6.07, 6.45) is 1.94. The second-order valence-electron chi connectivity index (χ2n) is 11.4. The Labute approximate surface area is 288 Å². The molecule has 1 N–H and O–H groups in total. The summed E-state index contributed by atoms with van der Waals surface area (Å²) in [6.45, 7) is 5.12. The number of Topliss-reactive ketones (excluding diaryl/α,β-unsaturated/α-hetero) is 1. The molecule has 2 heterocycles. The van der Waals surface area contributed by atoms with Crippen LogP contribution in [0.1, 0.15) is 53.6 Å². The molecule has 8 nitrogen and oxygen atoms in total. The number of anilines is 1. The van der Waals surface area contributed by atoms with E-state index in [1.54, 1.807) is 48.5 Å². The van der Waals surface area contributed by atoms with Gasteiger partial charge in [-0.1, -0.05) is 109 Å². The third-order valence-electron chi connectivity index (χ3n) is 7.87. The van der Waals surface area contributed by atoms with Gasteiger partial charge in [-0.15, -0.1) is 10.2 Å². The van der Waals surface area contributed by atoms with Gasteiger partial charge in [0, 0.05) is 11.3 Å². The second-order valence-corrected chi connectivity index (χ2v) is 13.5. The Hall–Kier alpha value is -4.93. The lowest BCUT2D eigenvalue weighted by Crippen LogP contribution is -2.29. The van der Waals surface area contributed by atoms with E-state index in [0.29, 0.717) is 45.9 Å². The molecule has 0 aliphatic carbocycles. The van der Waals surface area contributed by atoms with Crippen molar-refractivity contribution in [2.24, 2.45) is 0 Å². The van der Waals surface area contributed by atoms with Crippen LogP contribution in [0.4, 0.5) is 5.13 Å². The molecule has 244 valence electrons. The molecule has 1 aliphatic heterocycles. The van der Waals surface area contributed by atoms with Crippen molar-refractivity contribution < 1.29 is 24.2 Å². The molecular formula is C38H35N3O5S2. The first-order valence-corrected chi connectivity index (χ1v) is 17.5. The maximum absolute atomic E-state index is 13.7. The lowest BCUT2D eigenvalue weighted by Gasteiger charge is -2.22. The zero-order chi connectivity index (χ0) is 33.5. The summed E-state index contributed by atoms with van der Waals surface area (Å²) in [7, 11) is 0. The molecule has 4 aromatic carbocycles. The highest BCUT2D eigenvalue weighted by molar-refractivity contribution is 8.00. The summed E-state index contributed by atoms with van der Waals surface area (Å²) in [6, 6.07) is 31.2. The first-order valence-electron chi connectivity index (χ1n) is 15.7. The number of amides is 1. The van der Waals surface area contributed by atoms with Crippen LogP contribution in [0, 0.1) is 6.92 Å². The van der Waals surface area contributed by atoms with Crippen LogP contribution in [-0.2, 0) is 21.9 Å². The molecule has 1 atom stereocenters. The number of ketones is 1. The normalized spacial score (nSPS) is 15.5. The van der Waals surface area contributed by atoms with Crippen molar-refractivity contribution in [2.45, 2.75) is 49.4 Å². The van der Waals surface area contributed by atoms with Crippen LogP contribution in [0.15, 0.2) is 113 Å². The molecule has 1 fully saturated rings. The smallest absolute Gasteiger partial charge is 0.301 e. The van der Waals surface area contributed by atoms with Crippen LogP contribution in [0.25, 0.3) is 5.76 Å². The van der Waals surface area contributed by atoms with Gasteiger partial charge in [0.15, 0.2) is 4.34 Å². The largest absolute Gasteiger partial charge is 0.507 e. The van der Waals surface area contributed by atoms with Crippen molar-refractivity contribution >= 4 is 45.7 Å². The Morgan fingerprint density at radius 1 is 0.854 bits per heavy atom. The quantitative estimate of drug-likeness (QED) is 0.0331. The number of hydrogen-bond donors (Lipinski definition) is 1. The molecular weight excluding hydrogens is 643 g/mol. The van der Waals surface area contributed by atoms with E-state index in [1.807, 2.05) is 37.3 Å². The first-order chi connectivity index (χ1) is 23.4. The maximum atomic E-state index is 13.7. The van der Waals surface area contributed by atoms with Gasteiger partial charge in [-0.3, -0.25) is 14.5 Å². The number of aliphatic hydroxyl groups excluding tert-OH is 1. The summed E-state index contributed by atoms with van der Waals surface area (Å²) >= 11 is 2.74. The molecule has 1 aliphatic rings. The van der Waals surface area contributed by atoms with Crippen molar-refractivity contribution in [3.05, 3.63) is 137 Å². The SMILES string of the molecule is CCCCOc1ccc(C(O)=C2C(=O)C(=O)N(c3nnc(SCc4ccc(C)cc4)s3)[C@@H]2c2ccc(OCc3ccccc3)cc2)cc1. The molecule has 48 heavy (non-hydrogen) atoms. The van der Waals surface area contributed by atoms with Crippen LogP contribution in [-0.4, -0.2) is 33.6 Å². The third kappa shape index (κ3) is 7.61. The minimum atomic E-state index is -0.934. The number of aromatic nitrogens is 2. The fourth-order valence-corrected chi connectivity index (χ4v) is 7.04. The van der Waals surface area contributed by atoms with Crippen LogP contribution >= 0.6 is 23.1 Å². The number of unbranched alkanes of at least 4 members (excludes halogenated alkanes) is 1. The number of aryl methyl sites for hydroxylation is 1. The van der Waals surface area contributed by atoms with Crippen molar-refractivity contribution in [1.29, 1.82) is 0 Å². The fourth-order valence-electron chi connectivity index (χ4n) is 5.22. The van der Waals surface area contributed by atoms with Gasteiger partial charge >= 0.3 is 5.91 Å². The fraction of sp³-hybridized carbons (Fsp3) is 0.211. The van der Waals surface area contributed by atoms with E-state index in [-0.39, 0.29) is 16.5 Å². The van der Waals surface area contributed by atoms with Crippen LogP contribution in [0.3, 0.4) is 0 Å². The highest BCUT2D eigenvalue weighted by Gasteiger charge is 2.48. The Morgan fingerprint density at radius 3 is 2.25 bits per heavy atom. The standard InChI is InChI=1S/C38H35N3O5S2/c1-3-4-22-45-30-20-16-29(17-21-30)34(42)32-33(28-14-18-31(19-15-28)46-23-26-8-6-5-7-9-26)41(36(44)35(32)43)37-39-40-38(48-37)47-24-27-12-10-25(2)11-13-27/h5-21,33,42H,3-4,22-24H2,1-2H3/t33-/m1/s1. The lowest BCUT2D eigenvalue weighted by molar-refractivity contribution is -0.132. The molecule has 5 aromatic rings. The van der Waals surface area contributed by atoms with Gasteiger partial charge in [-0.05, 0) is 66.4 Å². The van der Waals surface area contributed by atoms with Crippen molar-refractivity contribution in [3.63, 3.8) is 0 Å². The van der Waals surface area contributed by atoms with Gasteiger partial charge in [0.05, 0.1) is 18.2 Å². The number of carbonyl (C=O) groups excluding carboxylic acids is 2. The van der Waals surface area contributed by atoms with Gasteiger partial charge in [0.1, 0.15) is 23.9 Å². The minimum Gasteiger partial charge on any atom is -0.507 e. The number of benzene rings is 4. The molecule has 0 unspecified atom stereocenters. The lowest BCUT2D eigenvalue weighted by atomic mass is 9.95. The van der Waals surface area contributed by atoms with E-state index in [0.717, 1.165) is 24.0 Å².